The van der Waals surface area contributed by atoms with E-state index in [-0.39, 0.29) is 5.15 Å². The van der Waals surface area contributed by atoms with Crippen molar-refractivity contribution in [3.05, 3.63) is 53.2 Å². The third-order valence-corrected chi connectivity index (χ3v) is 5.40. The zero-order valence-electron chi connectivity index (χ0n) is 16.2. The molecule has 0 unspecified atom stereocenters. The van der Waals surface area contributed by atoms with Gasteiger partial charge in [0.25, 0.3) is 0 Å². The molecule has 1 aromatic carbocycles. The van der Waals surface area contributed by atoms with Gasteiger partial charge in [0.15, 0.2) is 28.8 Å². The second-order valence-electron chi connectivity index (χ2n) is 7.16. The van der Waals surface area contributed by atoms with Crippen LogP contribution in [0.3, 0.4) is 0 Å². The predicted molar refractivity (Wildman–Crippen MR) is 104 cm³/mol. The molecule has 3 aromatic rings. The second-order valence-corrected chi connectivity index (χ2v) is 7.52. The zero-order chi connectivity index (χ0) is 20.8. The molecule has 1 saturated heterocycles. The third-order valence-electron chi connectivity index (χ3n) is 5.14. The zero-order valence-corrected chi connectivity index (χ0v) is 16.9. The van der Waals surface area contributed by atoms with Gasteiger partial charge in [-0.1, -0.05) is 36.7 Å². The molecule has 9 heteroatoms. The number of nitrogens with zero attached hydrogens (tertiary/aromatic N) is 4. The van der Waals surface area contributed by atoms with Gasteiger partial charge >= 0.3 is 5.97 Å². The predicted octanol–water partition coefficient (Wildman–Crippen LogP) is 4.05. The first-order valence-corrected chi connectivity index (χ1v) is 9.67. The van der Waals surface area contributed by atoms with E-state index >= 15 is 4.39 Å². The molecule has 0 saturated carbocycles. The Hall–Kier alpha value is -2.58. The van der Waals surface area contributed by atoms with Gasteiger partial charge in [0, 0.05) is 0 Å². The highest BCUT2D eigenvalue weighted by molar-refractivity contribution is 6.33. The Morgan fingerprint density at radius 3 is 2.76 bits per heavy atom. The molecule has 4 rings (SSSR count). The van der Waals surface area contributed by atoms with Crippen molar-refractivity contribution in [2.45, 2.75) is 51.3 Å². The lowest BCUT2D eigenvalue weighted by Gasteiger charge is -2.31. The normalized spacial score (nSPS) is 26.7. The molecule has 0 N–H and O–H groups in total. The van der Waals surface area contributed by atoms with E-state index in [0.717, 1.165) is 0 Å². The van der Waals surface area contributed by atoms with Crippen molar-refractivity contribution in [1.82, 2.24) is 19.5 Å². The lowest BCUT2D eigenvalue weighted by molar-refractivity contribution is -0.0975. The van der Waals surface area contributed by atoms with Crippen LogP contribution < -0.4 is 0 Å². The summed E-state index contributed by atoms with van der Waals surface area (Å²) >= 11 is 6.18. The number of ether oxygens (including phenoxy) is 2. The molecule has 7 nitrogen and oxygen atoms in total. The van der Waals surface area contributed by atoms with Gasteiger partial charge in [-0.15, -0.1) is 0 Å². The fraction of sp³-hybridized carbons (Fsp3) is 0.400. The first-order chi connectivity index (χ1) is 13.8. The lowest BCUT2D eigenvalue weighted by Crippen LogP contribution is -2.45. The number of hydrogen-bond acceptors (Lipinski definition) is 6. The fourth-order valence-electron chi connectivity index (χ4n) is 3.62. The van der Waals surface area contributed by atoms with Gasteiger partial charge in [0.05, 0.1) is 18.0 Å². The standard InChI is InChI=1S/C20H20ClFN4O3/c1-4-13-15(22)20(3,29-18(27)12-8-6-5-7-9-12)19(28-13)26-10-23-14-16(21)24-11(2)25-17(14)26/h5-10,13,15,19H,4H2,1-3H3/t13-,15-,19-,20-/m1/s1. The maximum atomic E-state index is 15.4. The molecule has 0 radical (unpaired) electrons. The van der Waals surface area contributed by atoms with Crippen molar-refractivity contribution in [1.29, 1.82) is 0 Å². The van der Waals surface area contributed by atoms with Gasteiger partial charge in [0.1, 0.15) is 11.3 Å². The average molecular weight is 419 g/mol. The van der Waals surface area contributed by atoms with Gasteiger partial charge in [-0.05, 0) is 32.4 Å². The number of aromatic nitrogens is 4. The van der Waals surface area contributed by atoms with Crippen molar-refractivity contribution < 1.29 is 18.7 Å². The number of imidazole rings is 1. The number of aryl methyl sites for hydroxylation is 1. The Labute approximate surface area is 171 Å². The molecule has 152 valence electrons. The Morgan fingerprint density at radius 1 is 1.34 bits per heavy atom. The lowest BCUT2D eigenvalue weighted by atomic mass is 9.96. The molecule has 29 heavy (non-hydrogen) atoms. The van der Waals surface area contributed by atoms with Crippen LogP contribution in [-0.2, 0) is 9.47 Å². The molecular weight excluding hydrogens is 399 g/mol. The maximum Gasteiger partial charge on any atom is 0.338 e. The van der Waals surface area contributed by atoms with Gasteiger partial charge in [0.2, 0.25) is 0 Å². The number of hydrogen-bond donors (Lipinski definition) is 0. The summed E-state index contributed by atoms with van der Waals surface area (Å²) in [6.45, 7) is 5.04. The summed E-state index contributed by atoms with van der Waals surface area (Å²) < 4.78 is 28.7. The van der Waals surface area contributed by atoms with Crippen LogP contribution in [0, 0.1) is 6.92 Å². The first-order valence-electron chi connectivity index (χ1n) is 9.29. The minimum absolute atomic E-state index is 0.191. The molecule has 0 aliphatic carbocycles. The maximum absolute atomic E-state index is 15.4. The number of carbonyl (C=O) groups excluding carboxylic acids is 1. The van der Waals surface area contributed by atoms with E-state index in [2.05, 4.69) is 15.0 Å². The van der Waals surface area contributed by atoms with E-state index in [0.29, 0.717) is 29.0 Å². The van der Waals surface area contributed by atoms with Crippen LogP contribution in [0.15, 0.2) is 36.7 Å². The van der Waals surface area contributed by atoms with E-state index in [4.69, 9.17) is 21.1 Å². The average Bonchev–Trinajstić information content (AvgIpc) is 3.22. The van der Waals surface area contributed by atoms with Gasteiger partial charge < -0.3 is 9.47 Å². The number of carbonyl (C=O) groups is 1. The van der Waals surface area contributed by atoms with Gasteiger partial charge in [-0.2, -0.15) is 0 Å². The summed E-state index contributed by atoms with van der Waals surface area (Å²) in [6, 6.07) is 8.45. The molecule has 0 amide bonds. The molecule has 1 aliphatic heterocycles. The fourth-order valence-corrected chi connectivity index (χ4v) is 3.87. The largest absolute Gasteiger partial charge is 0.448 e. The highest BCUT2D eigenvalue weighted by atomic mass is 35.5. The smallest absolute Gasteiger partial charge is 0.338 e. The molecule has 1 aliphatic rings. The van der Waals surface area contributed by atoms with Crippen LogP contribution in [0.2, 0.25) is 5.15 Å². The van der Waals surface area contributed by atoms with E-state index < -0.39 is 30.1 Å². The van der Waals surface area contributed by atoms with Crippen LogP contribution >= 0.6 is 11.6 Å². The SMILES string of the molecule is CC[C@H]1O[C@@H](n2cnc3c(Cl)nc(C)nc32)[C@](C)(OC(=O)c2ccccc2)[C@@H]1F. The highest BCUT2D eigenvalue weighted by Gasteiger charge is 2.58. The molecule has 0 spiro atoms. The molecule has 1 fully saturated rings. The van der Waals surface area contributed by atoms with Crippen molar-refractivity contribution in [2.24, 2.45) is 0 Å². The molecule has 4 atom stereocenters. The Morgan fingerprint density at radius 2 is 2.07 bits per heavy atom. The highest BCUT2D eigenvalue weighted by Crippen LogP contribution is 2.45. The van der Waals surface area contributed by atoms with Crippen LogP contribution in [-0.4, -0.2) is 43.4 Å². The van der Waals surface area contributed by atoms with Crippen molar-refractivity contribution in [3.63, 3.8) is 0 Å². The Bertz CT molecular complexity index is 1060. The van der Waals surface area contributed by atoms with Gasteiger partial charge in [-0.25, -0.2) is 24.1 Å². The molecule has 2 aromatic heterocycles. The summed E-state index contributed by atoms with van der Waals surface area (Å²) in [6.07, 6.45) is -1.39. The summed E-state index contributed by atoms with van der Waals surface area (Å²) in [5.74, 6) is -0.191. The quantitative estimate of drug-likeness (QED) is 0.469. The first kappa shape index (κ1) is 19.7. The minimum atomic E-state index is -1.59. The van der Waals surface area contributed by atoms with Crippen LogP contribution in [0.25, 0.3) is 11.2 Å². The molecule has 3 heterocycles. The monoisotopic (exact) mass is 418 g/mol. The second kappa shape index (κ2) is 7.35. The number of fused-ring (bicyclic) bond motifs is 1. The summed E-state index contributed by atoms with van der Waals surface area (Å²) in [5.41, 5.74) is -0.505. The van der Waals surface area contributed by atoms with E-state index in [1.807, 2.05) is 6.92 Å². The van der Waals surface area contributed by atoms with Crippen molar-refractivity contribution in [2.75, 3.05) is 0 Å². The van der Waals surface area contributed by atoms with Crippen LogP contribution in [0.1, 0.15) is 42.7 Å². The number of benzene rings is 1. The van der Waals surface area contributed by atoms with Crippen molar-refractivity contribution in [3.8, 4) is 0 Å². The van der Waals surface area contributed by atoms with E-state index in [9.17, 15) is 4.79 Å². The van der Waals surface area contributed by atoms with E-state index in [1.165, 1.54) is 13.3 Å². The topological polar surface area (TPSA) is 79.1 Å². The third kappa shape index (κ3) is 3.26. The Balaban J connectivity index is 1.78. The number of alkyl halides is 1. The van der Waals surface area contributed by atoms with Gasteiger partial charge in [-0.3, -0.25) is 4.57 Å². The van der Waals surface area contributed by atoms with Crippen molar-refractivity contribution >= 4 is 28.7 Å². The summed E-state index contributed by atoms with van der Waals surface area (Å²) in [4.78, 5) is 25.4. The number of esters is 1. The molecular formula is C20H20ClFN4O3. The molecule has 0 bridgehead atoms. The minimum Gasteiger partial charge on any atom is -0.448 e. The van der Waals surface area contributed by atoms with Crippen LogP contribution in [0.5, 0.6) is 0 Å². The Kier molecular flexibility index (Phi) is 5.00. The van der Waals surface area contributed by atoms with E-state index in [1.54, 1.807) is 41.8 Å². The van der Waals surface area contributed by atoms with Crippen LogP contribution in [0.4, 0.5) is 4.39 Å². The summed E-state index contributed by atoms with van der Waals surface area (Å²) in [7, 11) is 0. The summed E-state index contributed by atoms with van der Waals surface area (Å²) in [5, 5.41) is 0.191. The number of halogens is 2. The number of rotatable bonds is 4.